The van der Waals surface area contributed by atoms with Crippen LogP contribution in [0, 0.1) is 0 Å². The second-order valence-corrected chi connectivity index (χ2v) is 8.66. The van der Waals surface area contributed by atoms with E-state index >= 15 is 0 Å². The Morgan fingerprint density at radius 1 is 1.00 bits per heavy atom. The van der Waals surface area contributed by atoms with Gasteiger partial charge in [-0.05, 0) is 48.5 Å². The van der Waals surface area contributed by atoms with Crippen LogP contribution in [-0.4, -0.2) is 35.2 Å². The molecule has 1 aliphatic heterocycles. The highest BCUT2D eigenvalue weighted by Gasteiger charge is 2.19. The maximum Gasteiger partial charge on any atom is 0.258 e. The Hall–Kier alpha value is -3.75. The zero-order valence-electron chi connectivity index (χ0n) is 17.9. The summed E-state index contributed by atoms with van der Waals surface area (Å²) in [6, 6.07) is 25.3. The first-order valence-corrected chi connectivity index (χ1v) is 11.7. The van der Waals surface area contributed by atoms with Crippen LogP contribution in [0.25, 0.3) is 0 Å². The molecule has 0 fully saturated rings. The highest BCUT2D eigenvalue weighted by Crippen LogP contribution is 2.21. The second kappa shape index (κ2) is 11.4. The number of para-hydroxylation sites is 1. The highest BCUT2D eigenvalue weighted by atomic mass is 35.5. The van der Waals surface area contributed by atoms with Crippen LogP contribution in [0.5, 0.6) is 0 Å². The summed E-state index contributed by atoms with van der Waals surface area (Å²) < 4.78 is 0. The summed E-state index contributed by atoms with van der Waals surface area (Å²) in [4.78, 5) is 39.3. The molecule has 170 valence electrons. The van der Waals surface area contributed by atoms with Crippen LogP contribution in [0.15, 0.2) is 105 Å². The number of benzene rings is 3. The Morgan fingerprint density at radius 2 is 1.68 bits per heavy atom. The lowest BCUT2D eigenvalue weighted by Gasteiger charge is -2.15. The molecule has 1 heterocycles. The normalized spacial score (nSPS) is 15.0. The van der Waals surface area contributed by atoms with E-state index in [9.17, 15) is 9.59 Å². The zero-order valence-corrected chi connectivity index (χ0v) is 19.5. The third kappa shape index (κ3) is 6.87. The van der Waals surface area contributed by atoms with Crippen molar-refractivity contribution in [2.45, 2.75) is 11.3 Å². The van der Waals surface area contributed by atoms with Gasteiger partial charge in [0.05, 0.1) is 12.1 Å². The maximum absolute atomic E-state index is 12.7. The molecule has 0 saturated heterocycles. The van der Waals surface area contributed by atoms with Gasteiger partial charge in [0, 0.05) is 26.9 Å². The minimum absolute atomic E-state index is 0.0192. The van der Waals surface area contributed by atoms with Gasteiger partial charge in [-0.3, -0.25) is 20.2 Å². The van der Waals surface area contributed by atoms with E-state index in [-0.39, 0.29) is 30.2 Å². The van der Waals surface area contributed by atoms with Gasteiger partial charge in [-0.1, -0.05) is 48.0 Å². The molecule has 3 aromatic rings. The van der Waals surface area contributed by atoms with Crippen molar-refractivity contribution in [2.24, 2.45) is 15.0 Å². The Labute approximate surface area is 206 Å². The molecule has 0 saturated carbocycles. The van der Waals surface area contributed by atoms with Crippen molar-refractivity contribution in [1.29, 1.82) is 0 Å². The molecular formula is C25H20ClN5O2S. The van der Waals surface area contributed by atoms with Crippen LogP contribution in [0.1, 0.15) is 16.8 Å². The number of hydrogen-bond donors (Lipinski definition) is 2. The lowest BCUT2D eigenvalue weighted by molar-refractivity contribution is -0.118. The molecule has 3 aromatic carbocycles. The lowest BCUT2D eigenvalue weighted by Crippen LogP contribution is -2.39. The number of halogens is 1. The topological polar surface area (TPSA) is 95.3 Å². The van der Waals surface area contributed by atoms with Gasteiger partial charge in [0.25, 0.3) is 5.91 Å². The summed E-state index contributed by atoms with van der Waals surface area (Å²) >= 11 is 7.48. The molecule has 0 spiro atoms. The fourth-order valence-electron chi connectivity index (χ4n) is 2.97. The Bertz CT molecular complexity index is 1260. The number of guanidine groups is 2. The van der Waals surface area contributed by atoms with E-state index in [0.717, 1.165) is 4.90 Å². The number of nitrogens with zero attached hydrogens (tertiary/aromatic N) is 3. The van der Waals surface area contributed by atoms with Crippen LogP contribution in [0.3, 0.4) is 0 Å². The van der Waals surface area contributed by atoms with E-state index < -0.39 is 0 Å². The number of nitrogens with one attached hydrogen (secondary N) is 2. The van der Waals surface area contributed by atoms with Gasteiger partial charge in [0.1, 0.15) is 0 Å². The monoisotopic (exact) mass is 489 g/mol. The summed E-state index contributed by atoms with van der Waals surface area (Å²) in [6.07, 6.45) is 0.168. The molecule has 34 heavy (non-hydrogen) atoms. The van der Waals surface area contributed by atoms with Gasteiger partial charge >= 0.3 is 0 Å². The highest BCUT2D eigenvalue weighted by molar-refractivity contribution is 8.00. The first-order valence-electron chi connectivity index (χ1n) is 10.4. The molecular weight excluding hydrogens is 470 g/mol. The van der Waals surface area contributed by atoms with Crippen molar-refractivity contribution in [3.8, 4) is 0 Å². The molecule has 0 unspecified atom stereocenters. The summed E-state index contributed by atoms with van der Waals surface area (Å²) in [6.45, 7) is 0. The molecule has 4 rings (SSSR count). The molecule has 2 amide bonds. The van der Waals surface area contributed by atoms with Crippen molar-refractivity contribution in [1.82, 2.24) is 10.6 Å². The fraction of sp³-hybridized carbons (Fsp3) is 0.0800. The lowest BCUT2D eigenvalue weighted by atomic mass is 10.2. The summed E-state index contributed by atoms with van der Waals surface area (Å²) in [5, 5.41) is 6.02. The smallest absolute Gasteiger partial charge is 0.258 e. The molecule has 2 N–H and O–H groups in total. The predicted octanol–water partition coefficient (Wildman–Crippen LogP) is 4.87. The number of thioether (sulfide) groups is 1. The predicted molar refractivity (Wildman–Crippen MR) is 137 cm³/mol. The second-order valence-electron chi connectivity index (χ2n) is 7.17. The van der Waals surface area contributed by atoms with Gasteiger partial charge in [0.15, 0.2) is 0 Å². The van der Waals surface area contributed by atoms with E-state index in [4.69, 9.17) is 11.6 Å². The van der Waals surface area contributed by atoms with Gasteiger partial charge < -0.3 is 0 Å². The van der Waals surface area contributed by atoms with Crippen molar-refractivity contribution in [2.75, 3.05) is 5.75 Å². The van der Waals surface area contributed by atoms with E-state index in [2.05, 4.69) is 25.6 Å². The zero-order chi connectivity index (χ0) is 23.8. The standard InChI is InChI=1S/C25H20ClN5O2S/c26-18-11-13-21(14-12-18)34-16-20-15-22(32)29-24(28-20)31-25(27-19-9-5-2-6-10-19)30-23(33)17-7-3-1-4-8-17/h1-14H,15-16H2,(H2,27,29,30,31,32,33). The summed E-state index contributed by atoms with van der Waals surface area (Å²) in [5.74, 6) is 0.00479. The van der Waals surface area contributed by atoms with E-state index in [0.29, 0.717) is 27.7 Å². The van der Waals surface area contributed by atoms with E-state index in [1.807, 2.05) is 48.5 Å². The van der Waals surface area contributed by atoms with Crippen LogP contribution in [0.2, 0.25) is 5.02 Å². The Morgan fingerprint density at radius 3 is 2.38 bits per heavy atom. The van der Waals surface area contributed by atoms with Crippen molar-refractivity contribution in [3.05, 3.63) is 95.5 Å². The number of carbonyl (C=O) groups excluding carboxylic acids is 2. The molecule has 0 bridgehead atoms. The minimum atomic E-state index is -0.371. The van der Waals surface area contributed by atoms with Gasteiger partial charge in [-0.25, -0.2) is 9.98 Å². The van der Waals surface area contributed by atoms with Crippen LogP contribution < -0.4 is 10.6 Å². The first-order chi connectivity index (χ1) is 16.5. The summed E-state index contributed by atoms with van der Waals surface area (Å²) in [5.41, 5.74) is 1.72. The van der Waals surface area contributed by atoms with Gasteiger partial charge in [-0.2, -0.15) is 4.99 Å². The van der Waals surface area contributed by atoms with Crippen molar-refractivity contribution in [3.63, 3.8) is 0 Å². The molecule has 0 aliphatic carbocycles. The number of amides is 2. The fourth-order valence-corrected chi connectivity index (χ4v) is 3.93. The van der Waals surface area contributed by atoms with Crippen LogP contribution in [0.4, 0.5) is 5.69 Å². The number of carbonyl (C=O) groups is 2. The quantitative estimate of drug-likeness (QED) is 0.304. The van der Waals surface area contributed by atoms with Crippen LogP contribution >= 0.6 is 23.4 Å². The Kier molecular flexibility index (Phi) is 7.85. The van der Waals surface area contributed by atoms with Crippen LogP contribution in [-0.2, 0) is 4.79 Å². The van der Waals surface area contributed by atoms with Crippen molar-refractivity contribution >= 4 is 58.5 Å². The van der Waals surface area contributed by atoms with Crippen molar-refractivity contribution < 1.29 is 9.59 Å². The third-order valence-corrected chi connectivity index (χ3v) is 5.90. The molecule has 0 atom stereocenters. The summed E-state index contributed by atoms with van der Waals surface area (Å²) in [7, 11) is 0. The average molecular weight is 490 g/mol. The molecule has 0 aromatic heterocycles. The molecule has 0 radical (unpaired) electrons. The van der Waals surface area contributed by atoms with E-state index in [1.54, 1.807) is 48.2 Å². The number of hydrogen-bond acceptors (Lipinski definition) is 4. The minimum Gasteiger partial charge on any atom is -0.294 e. The van der Waals surface area contributed by atoms with Gasteiger partial charge in [-0.15, -0.1) is 11.8 Å². The van der Waals surface area contributed by atoms with Gasteiger partial charge in [0.2, 0.25) is 17.8 Å². The van der Waals surface area contributed by atoms with E-state index in [1.165, 1.54) is 0 Å². The maximum atomic E-state index is 12.7. The first kappa shape index (κ1) is 23.4. The molecule has 7 nitrogen and oxygen atoms in total. The molecule has 9 heteroatoms. The number of aliphatic imine (C=N–C) groups is 3. The number of rotatable bonds is 5. The Balaban J connectivity index is 1.57. The largest absolute Gasteiger partial charge is 0.294 e. The average Bonchev–Trinajstić information content (AvgIpc) is 2.84. The molecule has 1 aliphatic rings. The third-order valence-electron chi connectivity index (χ3n) is 4.56. The SMILES string of the molecule is O=C1CC(CSc2ccc(Cl)cc2)=NC(=NC(=Nc2ccccc2)NC(=O)c2ccccc2)N1.